The number of hydrogen-bond donors (Lipinski definition) is 0. The number of hydrogen-bond acceptors (Lipinski definition) is 3. The maximum absolute atomic E-state index is 11.2. The molecule has 0 spiro atoms. The highest BCUT2D eigenvalue weighted by molar-refractivity contribution is 5.73. The van der Waals surface area contributed by atoms with Crippen molar-refractivity contribution in [1.29, 1.82) is 0 Å². The van der Waals surface area contributed by atoms with E-state index in [1.807, 2.05) is 11.8 Å². The molecule has 16 heavy (non-hydrogen) atoms. The molecule has 1 aliphatic heterocycles. The van der Waals surface area contributed by atoms with E-state index in [0.717, 1.165) is 37.3 Å². The van der Waals surface area contributed by atoms with Crippen molar-refractivity contribution in [2.24, 2.45) is 0 Å². The molecule has 1 amide bonds. The molecular weight excluding hydrogens is 202 g/mol. The summed E-state index contributed by atoms with van der Waals surface area (Å²) in [7, 11) is 0. The zero-order chi connectivity index (χ0) is 11.5. The van der Waals surface area contributed by atoms with Crippen molar-refractivity contribution >= 4 is 5.91 Å². The molecule has 1 saturated heterocycles. The molecule has 0 radical (unpaired) electrons. The third-order valence-corrected chi connectivity index (χ3v) is 3.25. The van der Waals surface area contributed by atoms with E-state index in [4.69, 9.17) is 0 Å². The summed E-state index contributed by atoms with van der Waals surface area (Å²) < 4.78 is 0. The Morgan fingerprint density at radius 2 is 1.94 bits per heavy atom. The second kappa shape index (κ2) is 4.60. The Labute approximate surface area is 95.7 Å². The molecule has 0 atom stereocenters. The van der Waals surface area contributed by atoms with Crippen molar-refractivity contribution in [1.82, 2.24) is 14.9 Å². The van der Waals surface area contributed by atoms with Crippen molar-refractivity contribution in [3.8, 4) is 0 Å². The van der Waals surface area contributed by atoms with Gasteiger partial charge in [-0.1, -0.05) is 0 Å². The largest absolute Gasteiger partial charge is 0.343 e. The van der Waals surface area contributed by atoms with E-state index >= 15 is 0 Å². The van der Waals surface area contributed by atoms with Crippen LogP contribution in [0.5, 0.6) is 0 Å². The zero-order valence-corrected chi connectivity index (χ0v) is 9.81. The molecule has 1 aromatic rings. The number of likely N-dealkylation sites (tertiary alicyclic amines) is 1. The summed E-state index contributed by atoms with van der Waals surface area (Å²) in [6.07, 6.45) is 5.47. The molecule has 0 saturated carbocycles. The van der Waals surface area contributed by atoms with E-state index in [9.17, 15) is 4.79 Å². The maximum atomic E-state index is 11.2. The Morgan fingerprint density at radius 1 is 1.31 bits per heavy atom. The van der Waals surface area contributed by atoms with E-state index in [1.54, 1.807) is 19.3 Å². The monoisotopic (exact) mass is 219 g/mol. The van der Waals surface area contributed by atoms with Gasteiger partial charge in [-0.15, -0.1) is 0 Å². The Bertz CT molecular complexity index is 384. The molecule has 2 rings (SSSR count). The summed E-state index contributed by atoms with van der Waals surface area (Å²) in [5, 5.41) is 0. The third kappa shape index (κ3) is 2.21. The summed E-state index contributed by atoms with van der Waals surface area (Å²) in [5.74, 6) is 0.638. The van der Waals surface area contributed by atoms with Crippen LogP contribution < -0.4 is 0 Å². The van der Waals surface area contributed by atoms with E-state index in [1.165, 1.54) is 0 Å². The van der Waals surface area contributed by atoms with Gasteiger partial charge in [0.2, 0.25) is 5.91 Å². The molecule has 86 valence electrons. The van der Waals surface area contributed by atoms with Crippen molar-refractivity contribution in [3.05, 3.63) is 23.8 Å². The van der Waals surface area contributed by atoms with Crippen LogP contribution in [0, 0.1) is 6.92 Å². The lowest BCUT2D eigenvalue weighted by Crippen LogP contribution is -2.36. The number of nitrogens with zero attached hydrogens (tertiary/aromatic N) is 3. The fourth-order valence-electron chi connectivity index (χ4n) is 2.29. The molecule has 1 aromatic heterocycles. The number of amides is 1. The van der Waals surface area contributed by atoms with Crippen LogP contribution in [0.1, 0.15) is 37.1 Å². The van der Waals surface area contributed by atoms with Crippen molar-refractivity contribution in [2.75, 3.05) is 13.1 Å². The first-order valence-corrected chi connectivity index (χ1v) is 5.71. The quantitative estimate of drug-likeness (QED) is 0.719. The van der Waals surface area contributed by atoms with Gasteiger partial charge in [-0.25, -0.2) is 0 Å². The second-order valence-electron chi connectivity index (χ2n) is 4.31. The standard InChI is InChI=1S/C12H17N3O/c1-9-12(14-6-5-13-9)11-3-7-15(8-4-11)10(2)16/h5-6,11H,3-4,7-8H2,1-2H3. The molecular formula is C12H17N3O. The second-order valence-corrected chi connectivity index (χ2v) is 4.31. The minimum Gasteiger partial charge on any atom is -0.343 e. The normalized spacial score (nSPS) is 17.5. The number of rotatable bonds is 1. The fraction of sp³-hybridized carbons (Fsp3) is 0.583. The van der Waals surface area contributed by atoms with Gasteiger partial charge in [0.05, 0.1) is 11.4 Å². The molecule has 1 fully saturated rings. The molecule has 0 bridgehead atoms. The molecule has 0 unspecified atom stereocenters. The third-order valence-electron chi connectivity index (χ3n) is 3.25. The number of aromatic nitrogens is 2. The van der Waals surface area contributed by atoms with Crippen molar-refractivity contribution in [2.45, 2.75) is 32.6 Å². The molecule has 0 aromatic carbocycles. The summed E-state index contributed by atoms with van der Waals surface area (Å²) in [4.78, 5) is 21.8. The summed E-state index contributed by atoms with van der Waals surface area (Å²) in [6, 6.07) is 0. The van der Waals surface area contributed by atoms with Gasteiger partial charge < -0.3 is 4.90 Å². The lowest BCUT2D eigenvalue weighted by molar-refractivity contribution is -0.129. The van der Waals surface area contributed by atoms with E-state index < -0.39 is 0 Å². The summed E-state index contributed by atoms with van der Waals surface area (Å²) in [5.41, 5.74) is 2.12. The zero-order valence-electron chi connectivity index (χ0n) is 9.81. The predicted octanol–water partition coefficient (Wildman–Crippen LogP) is 1.51. The SMILES string of the molecule is CC(=O)N1CCC(c2nccnc2C)CC1. The first kappa shape index (κ1) is 11.0. The summed E-state index contributed by atoms with van der Waals surface area (Å²) >= 11 is 0. The van der Waals surface area contributed by atoms with Crippen LogP contribution in [-0.2, 0) is 4.79 Å². The Morgan fingerprint density at radius 3 is 2.50 bits per heavy atom. The maximum Gasteiger partial charge on any atom is 0.219 e. The lowest BCUT2D eigenvalue weighted by Gasteiger charge is -2.31. The van der Waals surface area contributed by atoms with Crippen LogP contribution in [0.25, 0.3) is 0 Å². The average molecular weight is 219 g/mol. The van der Waals surface area contributed by atoms with Gasteiger partial charge in [0.25, 0.3) is 0 Å². The topological polar surface area (TPSA) is 46.1 Å². The molecule has 0 N–H and O–H groups in total. The average Bonchev–Trinajstić information content (AvgIpc) is 2.30. The van der Waals surface area contributed by atoms with Gasteiger partial charge >= 0.3 is 0 Å². The Kier molecular flexibility index (Phi) is 3.17. The van der Waals surface area contributed by atoms with E-state index in [0.29, 0.717) is 5.92 Å². The van der Waals surface area contributed by atoms with Gasteiger partial charge in [-0.2, -0.15) is 0 Å². The molecule has 4 nitrogen and oxygen atoms in total. The molecule has 4 heteroatoms. The fourth-order valence-corrected chi connectivity index (χ4v) is 2.29. The van der Waals surface area contributed by atoms with Gasteiger partial charge in [-0.05, 0) is 19.8 Å². The van der Waals surface area contributed by atoms with Crippen LogP contribution in [-0.4, -0.2) is 33.9 Å². The van der Waals surface area contributed by atoms with Crippen LogP contribution >= 0.6 is 0 Å². The Balaban J connectivity index is 2.05. The van der Waals surface area contributed by atoms with Gasteiger partial charge in [0, 0.05) is 38.3 Å². The molecule has 1 aliphatic rings. The first-order chi connectivity index (χ1) is 7.68. The highest BCUT2D eigenvalue weighted by Gasteiger charge is 2.23. The van der Waals surface area contributed by atoms with Crippen LogP contribution in [0.15, 0.2) is 12.4 Å². The number of aryl methyl sites for hydroxylation is 1. The van der Waals surface area contributed by atoms with Crippen LogP contribution in [0.4, 0.5) is 0 Å². The Hall–Kier alpha value is -1.45. The van der Waals surface area contributed by atoms with E-state index in [-0.39, 0.29) is 5.91 Å². The predicted molar refractivity (Wildman–Crippen MR) is 61.0 cm³/mol. The van der Waals surface area contributed by atoms with E-state index in [2.05, 4.69) is 9.97 Å². The van der Waals surface area contributed by atoms with Gasteiger partial charge in [0.15, 0.2) is 0 Å². The summed E-state index contributed by atoms with van der Waals surface area (Å²) in [6.45, 7) is 5.32. The molecule has 2 heterocycles. The minimum atomic E-state index is 0.175. The highest BCUT2D eigenvalue weighted by atomic mass is 16.2. The smallest absolute Gasteiger partial charge is 0.219 e. The van der Waals surface area contributed by atoms with Gasteiger partial charge in [-0.3, -0.25) is 14.8 Å². The lowest BCUT2D eigenvalue weighted by atomic mass is 9.92. The van der Waals surface area contributed by atoms with Gasteiger partial charge in [0.1, 0.15) is 0 Å². The van der Waals surface area contributed by atoms with Crippen molar-refractivity contribution in [3.63, 3.8) is 0 Å². The number of piperidine rings is 1. The number of carbonyl (C=O) groups excluding carboxylic acids is 1. The van der Waals surface area contributed by atoms with Crippen LogP contribution in [0.3, 0.4) is 0 Å². The van der Waals surface area contributed by atoms with Crippen molar-refractivity contribution < 1.29 is 4.79 Å². The van der Waals surface area contributed by atoms with Crippen LogP contribution in [0.2, 0.25) is 0 Å². The number of carbonyl (C=O) groups is 1. The first-order valence-electron chi connectivity index (χ1n) is 5.71. The molecule has 0 aliphatic carbocycles. The minimum absolute atomic E-state index is 0.175. The highest BCUT2D eigenvalue weighted by Crippen LogP contribution is 2.27.